The predicted molar refractivity (Wildman–Crippen MR) is 75.2 cm³/mol. The third-order valence-electron chi connectivity index (χ3n) is 3.08. The van der Waals surface area contributed by atoms with Gasteiger partial charge in [-0.15, -0.1) is 0 Å². The topological polar surface area (TPSA) is 48.1 Å². The van der Waals surface area contributed by atoms with E-state index in [-0.39, 0.29) is 0 Å². The summed E-state index contributed by atoms with van der Waals surface area (Å²) in [5.41, 5.74) is 7.69. The van der Waals surface area contributed by atoms with Gasteiger partial charge in [-0.25, -0.2) is 0 Å². The zero-order chi connectivity index (χ0) is 13.1. The molecule has 0 radical (unpaired) electrons. The maximum atomic E-state index is 5.67. The first kappa shape index (κ1) is 15.1. The SMILES string of the molecule is CCCCCCCCOCc1cccnc1CN. The number of rotatable bonds is 10. The minimum absolute atomic E-state index is 0.483. The molecule has 0 spiro atoms. The molecule has 1 rings (SSSR count). The van der Waals surface area contributed by atoms with Crippen molar-refractivity contribution in [3.8, 4) is 0 Å². The molecule has 0 aliphatic heterocycles. The highest BCUT2D eigenvalue weighted by molar-refractivity contribution is 5.18. The van der Waals surface area contributed by atoms with E-state index < -0.39 is 0 Å². The predicted octanol–water partition coefficient (Wildman–Crippen LogP) is 3.42. The van der Waals surface area contributed by atoms with Gasteiger partial charge in [-0.3, -0.25) is 4.98 Å². The summed E-state index contributed by atoms with van der Waals surface area (Å²) in [6.45, 7) is 4.20. The van der Waals surface area contributed by atoms with Gasteiger partial charge in [0.1, 0.15) is 0 Å². The highest BCUT2D eigenvalue weighted by atomic mass is 16.5. The van der Waals surface area contributed by atoms with Crippen LogP contribution in [0.2, 0.25) is 0 Å². The summed E-state index contributed by atoms with van der Waals surface area (Å²) < 4.78 is 5.67. The summed E-state index contributed by atoms with van der Waals surface area (Å²) in [5.74, 6) is 0. The lowest BCUT2D eigenvalue weighted by atomic mass is 10.1. The van der Waals surface area contributed by atoms with Crippen molar-refractivity contribution in [2.45, 2.75) is 58.6 Å². The standard InChI is InChI=1S/C15H26N2O/c1-2-3-4-5-6-7-11-18-13-14-9-8-10-17-15(14)12-16/h8-10H,2-7,11-13,16H2,1H3. The number of ether oxygens (including phenoxy) is 1. The molecule has 1 heterocycles. The molecule has 0 aliphatic carbocycles. The Bertz CT molecular complexity index is 315. The number of aromatic nitrogens is 1. The van der Waals surface area contributed by atoms with Crippen molar-refractivity contribution in [2.75, 3.05) is 6.61 Å². The van der Waals surface area contributed by atoms with Gasteiger partial charge in [-0.2, -0.15) is 0 Å². The normalized spacial score (nSPS) is 10.8. The molecule has 3 heteroatoms. The Morgan fingerprint density at radius 3 is 2.72 bits per heavy atom. The molecule has 0 bridgehead atoms. The van der Waals surface area contributed by atoms with Crippen LogP contribution in [0.3, 0.4) is 0 Å². The van der Waals surface area contributed by atoms with Crippen molar-refractivity contribution in [1.82, 2.24) is 4.98 Å². The van der Waals surface area contributed by atoms with E-state index in [4.69, 9.17) is 10.5 Å². The fraction of sp³-hybridized carbons (Fsp3) is 0.667. The maximum Gasteiger partial charge on any atom is 0.0735 e. The first-order chi connectivity index (χ1) is 8.88. The van der Waals surface area contributed by atoms with Crippen LogP contribution in [-0.2, 0) is 17.9 Å². The molecule has 0 fully saturated rings. The molecule has 0 saturated heterocycles. The van der Waals surface area contributed by atoms with Gasteiger partial charge in [0.25, 0.3) is 0 Å². The first-order valence-corrected chi connectivity index (χ1v) is 7.09. The third kappa shape index (κ3) is 6.12. The molecule has 0 aromatic carbocycles. The van der Waals surface area contributed by atoms with Gasteiger partial charge in [0.2, 0.25) is 0 Å². The minimum Gasteiger partial charge on any atom is -0.377 e. The Kier molecular flexibility index (Phi) is 8.43. The second-order valence-electron chi connectivity index (χ2n) is 4.63. The summed E-state index contributed by atoms with van der Waals surface area (Å²) in [6.07, 6.45) is 9.56. The van der Waals surface area contributed by atoms with Gasteiger partial charge >= 0.3 is 0 Å². The fourth-order valence-corrected chi connectivity index (χ4v) is 1.95. The number of pyridine rings is 1. The van der Waals surface area contributed by atoms with E-state index in [9.17, 15) is 0 Å². The van der Waals surface area contributed by atoms with Crippen molar-refractivity contribution in [1.29, 1.82) is 0 Å². The van der Waals surface area contributed by atoms with Crippen LogP contribution in [0.5, 0.6) is 0 Å². The smallest absolute Gasteiger partial charge is 0.0735 e. The highest BCUT2D eigenvalue weighted by Crippen LogP contribution is 2.08. The van der Waals surface area contributed by atoms with Crippen LogP contribution in [0.15, 0.2) is 18.3 Å². The molecule has 3 nitrogen and oxygen atoms in total. The average Bonchev–Trinajstić information content (AvgIpc) is 2.42. The largest absolute Gasteiger partial charge is 0.377 e. The van der Waals surface area contributed by atoms with E-state index in [0.717, 1.165) is 24.3 Å². The molecular formula is C15H26N2O. The average molecular weight is 250 g/mol. The maximum absolute atomic E-state index is 5.67. The monoisotopic (exact) mass is 250 g/mol. The van der Waals surface area contributed by atoms with Crippen LogP contribution >= 0.6 is 0 Å². The van der Waals surface area contributed by atoms with E-state index in [2.05, 4.69) is 11.9 Å². The van der Waals surface area contributed by atoms with Crippen molar-refractivity contribution >= 4 is 0 Å². The summed E-state index contributed by atoms with van der Waals surface area (Å²) in [5, 5.41) is 0. The molecule has 18 heavy (non-hydrogen) atoms. The summed E-state index contributed by atoms with van der Waals surface area (Å²) in [4.78, 5) is 4.24. The minimum atomic E-state index is 0.483. The lowest BCUT2D eigenvalue weighted by molar-refractivity contribution is 0.116. The summed E-state index contributed by atoms with van der Waals surface area (Å²) in [6, 6.07) is 3.97. The lowest BCUT2D eigenvalue weighted by Crippen LogP contribution is -2.06. The number of hydrogen-bond donors (Lipinski definition) is 1. The lowest BCUT2D eigenvalue weighted by Gasteiger charge is -2.07. The van der Waals surface area contributed by atoms with E-state index in [1.165, 1.54) is 32.1 Å². The fourth-order valence-electron chi connectivity index (χ4n) is 1.95. The van der Waals surface area contributed by atoms with E-state index in [1.807, 2.05) is 12.1 Å². The van der Waals surface area contributed by atoms with E-state index >= 15 is 0 Å². The van der Waals surface area contributed by atoms with Crippen LogP contribution in [0.25, 0.3) is 0 Å². The Morgan fingerprint density at radius 2 is 1.94 bits per heavy atom. The summed E-state index contributed by atoms with van der Waals surface area (Å²) in [7, 11) is 0. The van der Waals surface area contributed by atoms with Crippen molar-refractivity contribution < 1.29 is 4.74 Å². The third-order valence-corrected chi connectivity index (χ3v) is 3.08. The van der Waals surface area contributed by atoms with Crippen molar-refractivity contribution in [3.63, 3.8) is 0 Å². The Labute approximate surface area is 111 Å². The van der Waals surface area contributed by atoms with E-state index in [1.54, 1.807) is 6.20 Å². The van der Waals surface area contributed by atoms with Gasteiger partial charge in [-0.1, -0.05) is 45.1 Å². The number of nitrogens with two attached hydrogens (primary N) is 1. The van der Waals surface area contributed by atoms with Crippen LogP contribution in [-0.4, -0.2) is 11.6 Å². The van der Waals surface area contributed by atoms with Gasteiger partial charge in [0.15, 0.2) is 0 Å². The van der Waals surface area contributed by atoms with Crippen LogP contribution in [0.4, 0.5) is 0 Å². The Hall–Kier alpha value is -0.930. The van der Waals surface area contributed by atoms with Crippen LogP contribution in [0.1, 0.15) is 56.7 Å². The number of unbranched alkanes of at least 4 members (excludes halogenated alkanes) is 5. The molecule has 102 valence electrons. The van der Waals surface area contributed by atoms with Gasteiger partial charge < -0.3 is 10.5 Å². The molecular weight excluding hydrogens is 224 g/mol. The molecule has 1 aromatic rings. The highest BCUT2D eigenvalue weighted by Gasteiger charge is 2.01. The molecule has 2 N–H and O–H groups in total. The van der Waals surface area contributed by atoms with Crippen LogP contribution < -0.4 is 5.73 Å². The number of nitrogens with zero attached hydrogens (tertiary/aromatic N) is 1. The van der Waals surface area contributed by atoms with E-state index in [0.29, 0.717) is 13.2 Å². The van der Waals surface area contributed by atoms with Gasteiger partial charge in [-0.05, 0) is 12.5 Å². The molecule has 1 aromatic heterocycles. The van der Waals surface area contributed by atoms with Crippen LogP contribution in [0, 0.1) is 0 Å². The summed E-state index contributed by atoms with van der Waals surface area (Å²) >= 11 is 0. The molecule has 0 aliphatic rings. The zero-order valence-electron chi connectivity index (χ0n) is 11.5. The van der Waals surface area contributed by atoms with Crippen molar-refractivity contribution in [3.05, 3.63) is 29.6 Å². The zero-order valence-corrected chi connectivity index (χ0v) is 11.5. The Morgan fingerprint density at radius 1 is 1.17 bits per heavy atom. The molecule has 0 amide bonds. The molecule has 0 saturated carbocycles. The number of hydrogen-bond acceptors (Lipinski definition) is 3. The second-order valence-corrected chi connectivity index (χ2v) is 4.63. The second kappa shape index (κ2) is 10.0. The quantitative estimate of drug-likeness (QED) is 0.647. The van der Waals surface area contributed by atoms with Gasteiger partial charge in [0.05, 0.1) is 12.3 Å². The Balaban J connectivity index is 2.07. The molecule has 0 unspecified atom stereocenters. The van der Waals surface area contributed by atoms with Gasteiger partial charge in [0, 0.05) is 24.9 Å². The first-order valence-electron chi connectivity index (χ1n) is 7.09. The molecule has 0 atom stereocenters. The van der Waals surface area contributed by atoms with Crippen molar-refractivity contribution in [2.24, 2.45) is 5.73 Å².